The van der Waals surface area contributed by atoms with Crippen LogP contribution < -0.4 is 32.1 Å². The van der Waals surface area contributed by atoms with Crippen molar-refractivity contribution in [2.24, 2.45) is 5.92 Å². The molecule has 1 aromatic rings. The summed E-state index contributed by atoms with van der Waals surface area (Å²) in [7, 11) is 1.66. The first kappa shape index (κ1) is 28.1. The average Bonchev–Trinajstić information content (AvgIpc) is 2.78. The normalized spacial score (nSPS) is 11.9. The summed E-state index contributed by atoms with van der Waals surface area (Å²) >= 11 is 0. The maximum atomic E-state index is 12.6. The fraction of sp³-hybridized carbons (Fsp3) is 0.682. The van der Waals surface area contributed by atoms with Crippen molar-refractivity contribution in [3.63, 3.8) is 0 Å². The molecule has 0 aromatic heterocycles. The zero-order chi connectivity index (χ0) is 24.8. The molecule has 0 heterocycles. The number of unbranched alkanes of at least 4 members (excludes halogenated alkanes) is 3. The molecule has 11 nitrogen and oxygen atoms in total. The molecule has 5 N–H and O–H groups in total. The van der Waals surface area contributed by atoms with Crippen LogP contribution in [0.15, 0.2) is 9.59 Å². The molecule has 186 valence electrons. The van der Waals surface area contributed by atoms with Gasteiger partial charge in [0.1, 0.15) is 24.0 Å². The van der Waals surface area contributed by atoms with Gasteiger partial charge in [-0.3, -0.25) is 24.0 Å². The van der Waals surface area contributed by atoms with Crippen LogP contribution in [-0.2, 0) is 19.1 Å². The number of methoxy groups -OCH3 is 1. The standard InChI is InChI=1S/C22H36N4O7/c1-14(2)8-9-15(22(32)25-12-16(27)24-13-17(28)29)26-19-18(20(30)21(19)31)23-10-6-4-5-7-11-33-3/h14-15,23,26H,4-13H2,1-3H3,(H,24,27)(H,25,32)(H,28,29). The molecule has 2 amide bonds. The number of carbonyl (C=O) groups is 3. The Morgan fingerprint density at radius 3 is 2.21 bits per heavy atom. The fourth-order valence-corrected chi connectivity index (χ4v) is 3.11. The number of carbonyl (C=O) groups excluding carboxylic acids is 2. The second-order valence-corrected chi connectivity index (χ2v) is 8.30. The number of carboxylic acids is 1. The van der Waals surface area contributed by atoms with Crippen LogP contribution in [0.4, 0.5) is 11.4 Å². The highest BCUT2D eigenvalue weighted by molar-refractivity contribution is 5.91. The topological polar surface area (TPSA) is 163 Å². The predicted octanol–water partition coefficient (Wildman–Crippen LogP) is 0.435. The molecule has 0 saturated carbocycles. The highest BCUT2D eigenvalue weighted by Crippen LogP contribution is 2.18. The van der Waals surface area contributed by atoms with E-state index >= 15 is 0 Å². The van der Waals surface area contributed by atoms with Gasteiger partial charge in [0.2, 0.25) is 11.8 Å². The number of ether oxygens (including phenoxy) is 1. The number of hydrogen-bond acceptors (Lipinski definition) is 8. The van der Waals surface area contributed by atoms with E-state index in [9.17, 15) is 24.0 Å². The second kappa shape index (κ2) is 15.0. The first-order valence-corrected chi connectivity index (χ1v) is 11.3. The molecule has 0 fully saturated rings. The third kappa shape index (κ3) is 10.5. The summed E-state index contributed by atoms with van der Waals surface area (Å²) in [5, 5.41) is 19.1. The van der Waals surface area contributed by atoms with Gasteiger partial charge >= 0.3 is 5.97 Å². The van der Waals surface area contributed by atoms with E-state index in [1.54, 1.807) is 7.11 Å². The molecule has 33 heavy (non-hydrogen) atoms. The summed E-state index contributed by atoms with van der Waals surface area (Å²) < 4.78 is 5.00. The largest absolute Gasteiger partial charge is 0.480 e. The van der Waals surface area contributed by atoms with Crippen LogP contribution in [0.3, 0.4) is 0 Å². The van der Waals surface area contributed by atoms with E-state index in [1.165, 1.54) is 0 Å². The van der Waals surface area contributed by atoms with Gasteiger partial charge in [0, 0.05) is 20.3 Å². The Kier molecular flexibility index (Phi) is 12.8. The number of aliphatic carboxylic acids is 1. The number of carboxylic acid groups (broad SMARTS) is 1. The summed E-state index contributed by atoms with van der Waals surface area (Å²) in [5.41, 5.74) is -1.04. The average molecular weight is 469 g/mol. The Morgan fingerprint density at radius 1 is 0.909 bits per heavy atom. The molecule has 1 rings (SSSR count). The minimum absolute atomic E-state index is 0.0821. The summed E-state index contributed by atoms with van der Waals surface area (Å²) in [6, 6.07) is -0.822. The van der Waals surface area contributed by atoms with Gasteiger partial charge in [-0.2, -0.15) is 0 Å². The minimum atomic E-state index is -1.19. The van der Waals surface area contributed by atoms with E-state index < -0.39 is 47.8 Å². The van der Waals surface area contributed by atoms with Gasteiger partial charge in [0.05, 0.1) is 6.54 Å². The van der Waals surface area contributed by atoms with Crippen LogP contribution in [0.5, 0.6) is 0 Å². The molecule has 11 heteroatoms. The van der Waals surface area contributed by atoms with Gasteiger partial charge in [-0.25, -0.2) is 0 Å². The van der Waals surface area contributed by atoms with Gasteiger partial charge < -0.3 is 31.1 Å². The third-order valence-corrected chi connectivity index (χ3v) is 5.02. The van der Waals surface area contributed by atoms with Gasteiger partial charge in [-0.15, -0.1) is 0 Å². The molecule has 0 saturated heterocycles. The first-order valence-electron chi connectivity index (χ1n) is 11.3. The van der Waals surface area contributed by atoms with Gasteiger partial charge in [-0.1, -0.05) is 26.7 Å². The van der Waals surface area contributed by atoms with Crippen molar-refractivity contribution >= 4 is 29.2 Å². The molecule has 0 spiro atoms. The van der Waals surface area contributed by atoms with Crippen molar-refractivity contribution in [3.05, 3.63) is 20.4 Å². The van der Waals surface area contributed by atoms with Gasteiger partial charge in [0.15, 0.2) is 0 Å². The van der Waals surface area contributed by atoms with E-state index in [2.05, 4.69) is 21.3 Å². The van der Waals surface area contributed by atoms with E-state index in [0.717, 1.165) is 25.7 Å². The highest BCUT2D eigenvalue weighted by Gasteiger charge is 2.26. The van der Waals surface area contributed by atoms with Crippen LogP contribution >= 0.6 is 0 Å². The molecule has 0 aliphatic carbocycles. The Balaban J connectivity index is 2.68. The lowest BCUT2D eigenvalue weighted by molar-refractivity contribution is -0.137. The summed E-state index contributed by atoms with van der Waals surface area (Å²) in [6.07, 6.45) is 4.81. The number of amides is 2. The Bertz CT molecular complexity index is 846. The smallest absolute Gasteiger partial charge is 0.322 e. The molecule has 1 aromatic carbocycles. The maximum Gasteiger partial charge on any atom is 0.322 e. The molecule has 0 aliphatic rings. The zero-order valence-corrected chi connectivity index (χ0v) is 19.6. The number of anilines is 2. The van der Waals surface area contributed by atoms with E-state index in [-0.39, 0.29) is 11.4 Å². The third-order valence-electron chi connectivity index (χ3n) is 5.02. The van der Waals surface area contributed by atoms with Gasteiger partial charge in [-0.05, 0) is 31.6 Å². The van der Waals surface area contributed by atoms with Crippen molar-refractivity contribution in [1.29, 1.82) is 0 Å². The quantitative estimate of drug-likeness (QED) is 0.152. The lowest BCUT2D eigenvalue weighted by Crippen LogP contribution is -2.47. The number of rotatable bonds is 18. The van der Waals surface area contributed by atoms with E-state index in [4.69, 9.17) is 9.84 Å². The Labute approximate surface area is 193 Å². The Morgan fingerprint density at radius 2 is 1.58 bits per heavy atom. The SMILES string of the molecule is COCCCCCCNc1c(NC(CCC(C)C)C(=O)NCC(=O)NCC(=O)O)c(=O)c1=O. The molecule has 0 aliphatic heterocycles. The predicted molar refractivity (Wildman–Crippen MR) is 125 cm³/mol. The van der Waals surface area contributed by atoms with Crippen molar-refractivity contribution in [3.8, 4) is 0 Å². The maximum absolute atomic E-state index is 12.6. The fourth-order valence-electron chi connectivity index (χ4n) is 3.11. The monoisotopic (exact) mass is 468 g/mol. The van der Waals surface area contributed by atoms with Crippen molar-refractivity contribution < 1.29 is 24.2 Å². The van der Waals surface area contributed by atoms with Crippen LogP contribution in [0, 0.1) is 5.92 Å². The molecule has 0 bridgehead atoms. The minimum Gasteiger partial charge on any atom is -0.480 e. The molecule has 1 unspecified atom stereocenters. The van der Waals surface area contributed by atoms with Crippen molar-refractivity contribution in [2.75, 3.05) is 44.0 Å². The zero-order valence-electron chi connectivity index (χ0n) is 19.6. The summed E-state index contributed by atoms with van der Waals surface area (Å²) in [5.74, 6) is -2.06. The molecular weight excluding hydrogens is 432 g/mol. The lowest BCUT2D eigenvalue weighted by Gasteiger charge is -2.23. The summed E-state index contributed by atoms with van der Waals surface area (Å²) in [4.78, 5) is 58.9. The van der Waals surface area contributed by atoms with Crippen LogP contribution in [-0.4, -0.2) is 62.3 Å². The highest BCUT2D eigenvalue weighted by atomic mass is 16.5. The van der Waals surface area contributed by atoms with Gasteiger partial charge in [0.25, 0.3) is 10.9 Å². The molecule has 1 atom stereocenters. The van der Waals surface area contributed by atoms with Crippen LogP contribution in [0.25, 0.3) is 0 Å². The Hall–Kier alpha value is -2.95. The van der Waals surface area contributed by atoms with Crippen molar-refractivity contribution in [2.45, 2.75) is 58.4 Å². The number of nitrogens with one attached hydrogen (secondary N) is 4. The van der Waals surface area contributed by atoms with E-state index in [0.29, 0.717) is 31.9 Å². The second-order valence-electron chi connectivity index (χ2n) is 8.30. The first-order chi connectivity index (χ1) is 15.7. The lowest BCUT2D eigenvalue weighted by atomic mass is 10.0. The van der Waals surface area contributed by atoms with E-state index in [1.807, 2.05) is 13.8 Å². The van der Waals surface area contributed by atoms with Crippen LogP contribution in [0.2, 0.25) is 0 Å². The number of hydrogen-bond donors (Lipinski definition) is 5. The van der Waals surface area contributed by atoms with Crippen molar-refractivity contribution in [1.82, 2.24) is 10.6 Å². The van der Waals surface area contributed by atoms with Crippen LogP contribution in [0.1, 0.15) is 52.4 Å². The molecular formula is C22H36N4O7. The summed E-state index contributed by atoms with van der Waals surface area (Å²) in [6.45, 7) is 4.27. The molecule has 0 radical (unpaired) electrons.